The predicted octanol–water partition coefficient (Wildman–Crippen LogP) is -0.334. The highest BCUT2D eigenvalue weighted by molar-refractivity contribution is 5.68. The zero-order valence-corrected chi connectivity index (χ0v) is 7.36. The summed E-state index contributed by atoms with van der Waals surface area (Å²) in [6, 6.07) is 0. The van der Waals surface area contributed by atoms with Crippen LogP contribution in [0.25, 0.3) is 0 Å². The fraction of sp³-hybridized carbons (Fsp3) is 0.857. The van der Waals surface area contributed by atoms with Crippen LogP contribution in [0.4, 0.5) is 4.79 Å². The second-order valence-corrected chi connectivity index (χ2v) is 3.01. The van der Waals surface area contributed by atoms with Crippen LogP contribution in [0, 0.1) is 0 Å². The topological polar surface area (TPSA) is 53.0 Å². The number of rotatable bonds is 2. The van der Waals surface area contributed by atoms with E-state index in [0.29, 0.717) is 0 Å². The molecule has 1 atom stereocenters. The van der Waals surface area contributed by atoms with Gasteiger partial charge in [-0.1, -0.05) is 0 Å². The lowest BCUT2D eigenvalue weighted by atomic mass is 10.2. The van der Waals surface area contributed by atoms with Crippen molar-refractivity contribution < 1.29 is 14.6 Å². The molecule has 5 heteroatoms. The van der Waals surface area contributed by atoms with Crippen molar-refractivity contribution in [2.45, 2.75) is 12.8 Å². The van der Waals surface area contributed by atoms with Gasteiger partial charge in [-0.05, 0) is 20.5 Å². The van der Waals surface area contributed by atoms with Crippen LogP contribution >= 0.6 is 0 Å². The van der Waals surface area contributed by atoms with Crippen LogP contribution in [0.1, 0.15) is 6.42 Å². The Labute approximate surface area is 71.5 Å². The van der Waals surface area contributed by atoms with E-state index in [9.17, 15) is 4.79 Å². The highest BCUT2D eigenvalue weighted by Crippen LogP contribution is 2.08. The van der Waals surface area contributed by atoms with Gasteiger partial charge in [0.05, 0.1) is 0 Å². The van der Waals surface area contributed by atoms with Crippen molar-refractivity contribution in [1.29, 1.82) is 0 Å². The van der Waals surface area contributed by atoms with E-state index in [0.717, 1.165) is 19.5 Å². The maximum atomic E-state index is 11.1. The summed E-state index contributed by atoms with van der Waals surface area (Å²) in [6.45, 7) is 1.47. The van der Waals surface area contributed by atoms with Crippen molar-refractivity contribution in [3.63, 3.8) is 0 Å². The number of hydrogen-bond acceptors (Lipinski definition) is 4. The van der Waals surface area contributed by atoms with Gasteiger partial charge in [0.2, 0.25) is 0 Å². The molecule has 0 spiro atoms. The van der Waals surface area contributed by atoms with Gasteiger partial charge in [0, 0.05) is 13.1 Å². The van der Waals surface area contributed by atoms with E-state index in [-0.39, 0.29) is 0 Å². The Morgan fingerprint density at radius 1 is 1.58 bits per heavy atom. The first kappa shape index (κ1) is 9.28. The maximum Gasteiger partial charge on any atom is 0.413 e. The van der Waals surface area contributed by atoms with Crippen molar-refractivity contribution in [2.75, 3.05) is 27.2 Å². The molecular weight excluding hydrogens is 160 g/mol. The molecule has 1 aliphatic rings. The number of likely N-dealkylation sites (tertiary alicyclic amines) is 1. The molecule has 0 aromatic carbocycles. The number of carbonyl (C=O) groups is 1. The average molecular weight is 174 g/mol. The fourth-order valence-corrected chi connectivity index (χ4v) is 0.769. The first-order valence-electron chi connectivity index (χ1n) is 3.91. The number of aliphatic hydroxyl groups excluding tert-OH is 1. The molecule has 1 saturated heterocycles. The maximum absolute atomic E-state index is 11.1. The Morgan fingerprint density at radius 2 is 2.17 bits per heavy atom. The SMILES string of the molecule is CN(C)C(O)OC(=O)N1CCC1. The monoisotopic (exact) mass is 174 g/mol. The molecule has 0 saturated carbocycles. The first-order chi connectivity index (χ1) is 5.61. The van der Waals surface area contributed by atoms with E-state index in [1.54, 1.807) is 19.0 Å². The molecule has 1 amide bonds. The molecule has 1 aliphatic heterocycles. The zero-order chi connectivity index (χ0) is 9.14. The fourth-order valence-electron chi connectivity index (χ4n) is 0.769. The number of carbonyl (C=O) groups excluding carboxylic acids is 1. The van der Waals surface area contributed by atoms with Crippen molar-refractivity contribution in [1.82, 2.24) is 9.80 Å². The molecule has 0 bridgehead atoms. The van der Waals surface area contributed by atoms with Gasteiger partial charge in [-0.25, -0.2) is 4.79 Å². The van der Waals surface area contributed by atoms with Gasteiger partial charge < -0.3 is 14.7 Å². The molecule has 0 aliphatic carbocycles. The molecule has 12 heavy (non-hydrogen) atoms. The summed E-state index contributed by atoms with van der Waals surface area (Å²) in [6.07, 6.45) is -0.562. The smallest absolute Gasteiger partial charge is 0.405 e. The summed E-state index contributed by atoms with van der Waals surface area (Å²) in [5.41, 5.74) is 0. The summed E-state index contributed by atoms with van der Waals surface area (Å²) in [7, 11) is 3.27. The quantitative estimate of drug-likeness (QED) is 0.582. The molecule has 0 radical (unpaired) electrons. The van der Waals surface area contributed by atoms with E-state index >= 15 is 0 Å². The molecule has 5 nitrogen and oxygen atoms in total. The van der Waals surface area contributed by atoms with Crippen LogP contribution in [-0.4, -0.2) is 54.6 Å². The van der Waals surface area contributed by atoms with Crippen LogP contribution < -0.4 is 0 Å². The highest BCUT2D eigenvalue weighted by Gasteiger charge is 2.24. The van der Waals surface area contributed by atoms with Gasteiger partial charge in [-0.2, -0.15) is 0 Å². The van der Waals surface area contributed by atoms with Gasteiger partial charge in [0.25, 0.3) is 6.41 Å². The lowest BCUT2D eigenvalue weighted by Crippen LogP contribution is -2.45. The van der Waals surface area contributed by atoms with Gasteiger partial charge in [-0.15, -0.1) is 0 Å². The first-order valence-corrected chi connectivity index (χ1v) is 3.91. The second kappa shape index (κ2) is 3.73. The van der Waals surface area contributed by atoms with Crippen LogP contribution in [0.15, 0.2) is 0 Å². The molecule has 70 valence electrons. The van der Waals surface area contributed by atoms with Gasteiger partial charge >= 0.3 is 6.09 Å². The summed E-state index contributed by atoms with van der Waals surface area (Å²) in [5.74, 6) is 0. The van der Waals surface area contributed by atoms with E-state index < -0.39 is 12.5 Å². The third-order valence-electron chi connectivity index (χ3n) is 1.76. The summed E-state index contributed by atoms with van der Waals surface area (Å²) >= 11 is 0. The molecule has 1 unspecified atom stereocenters. The third-order valence-corrected chi connectivity index (χ3v) is 1.76. The number of aliphatic hydroxyl groups is 1. The van der Waals surface area contributed by atoms with Crippen LogP contribution in [0.3, 0.4) is 0 Å². The summed E-state index contributed by atoms with van der Waals surface area (Å²) in [4.78, 5) is 14.0. The molecule has 0 aromatic heterocycles. The second-order valence-electron chi connectivity index (χ2n) is 3.01. The normalized spacial score (nSPS) is 18.8. The number of hydrogen-bond donors (Lipinski definition) is 1. The van der Waals surface area contributed by atoms with Crippen LogP contribution in [0.2, 0.25) is 0 Å². The molecule has 1 N–H and O–H groups in total. The minimum Gasteiger partial charge on any atom is -0.405 e. The Bertz CT molecular complexity index is 168. The van der Waals surface area contributed by atoms with Gasteiger partial charge in [0.1, 0.15) is 0 Å². The van der Waals surface area contributed by atoms with E-state index in [1.165, 1.54) is 4.90 Å². The Morgan fingerprint density at radius 3 is 2.50 bits per heavy atom. The van der Waals surface area contributed by atoms with Crippen molar-refractivity contribution in [2.24, 2.45) is 0 Å². The van der Waals surface area contributed by atoms with Crippen molar-refractivity contribution >= 4 is 6.09 Å². The van der Waals surface area contributed by atoms with E-state index in [4.69, 9.17) is 5.11 Å². The van der Waals surface area contributed by atoms with Crippen LogP contribution in [0.5, 0.6) is 0 Å². The summed E-state index contributed by atoms with van der Waals surface area (Å²) < 4.78 is 4.68. The molecular formula is C7H14N2O3. The Hall–Kier alpha value is -0.810. The molecule has 1 heterocycles. The average Bonchev–Trinajstić information content (AvgIpc) is 1.82. The lowest BCUT2D eigenvalue weighted by Gasteiger charge is -2.31. The zero-order valence-electron chi connectivity index (χ0n) is 7.36. The minimum atomic E-state index is -1.14. The van der Waals surface area contributed by atoms with Gasteiger partial charge in [0.15, 0.2) is 0 Å². The number of ether oxygens (including phenoxy) is 1. The van der Waals surface area contributed by atoms with Gasteiger partial charge in [-0.3, -0.25) is 4.90 Å². The van der Waals surface area contributed by atoms with Crippen LogP contribution in [-0.2, 0) is 4.74 Å². The third kappa shape index (κ3) is 2.09. The Kier molecular flexibility index (Phi) is 2.88. The molecule has 1 fully saturated rings. The van der Waals surface area contributed by atoms with Crippen molar-refractivity contribution in [3.8, 4) is 0 Å². The molecule has 1 rings (SSSR count). The van der Waals surface area contributed by atoms with Crippen molar-refractivity contribution in [3.05, 3.63) is 0 Å². The predicted molar refractivity (Wildman–Crippen MR) is 42.4 cm³/mol. The minimum absolute atomic E-state index is 0.442. The lowest BCUT2D eigenvalue weighted by molar-refractivity contribution is -0.146. The standard InChI is InChI=1S/C7H14N2O3/c1-8(2)6(10)12-7(11)9-4-3-5-9/h6,10H,3-5H2,1-2H3. The number of amides is 1. The molecule has 0 aromatic rings. The Balaban J connectivity index is 2.25. The van der Waals surface area contributed by atoms with E-state index in [2.05, 4.69) is 4.74 Å². The largest absolute Gasteiger partial charge is 0.413 e. The summed E-state index contributed by atoms with van der Waals surface area (Å²) in [5, 5.41) is 9.12. The highest BCUT2D eigenvalue weighted by atomic mass is 16.7. The number of nitrogens with zero attached hydrogens (tertiary/aromatic N) is 2. The van der Waals surface area contributed by atoms with E-state index in [1.807, 2.05) is 0 Å².